The van der Waals surface area contributed by atoms with Crippen molar-refractivity contribution in [2.24, 2.45) is 0 Å². The summed E-state index contributed by atoms with van der Waals surface area (Å²) < 4.78 is 25.9. The van der Waals surface area contributed by atoms with Gasteiger partial charge >= 0.3 is 0 Å². The monoisotopic (exact) mass is 399 g/mol. The minimum Gasteiger partial charge on any atom is -0.260 e. The van der Waals surface area contributed by atoms with Crippen molar-refractivity contribution >= 4 is 60.3 Å². The van der Waals surface area contributed by atoms with Crippen LogP contribution in [0.25, 0.3) is 0 Å². The Labute approximate surface area is 133 Å². The first-order valence-electron chi connectivity index (χ1n) is 5.08. The molecule has 2 heterocycles. The van der Waals surface area contributed by atoms with E-state index in [9.17, 15) is 8.42 Å². The molecule has 19 heavy (non-hydrogen) atoms. The van der Waals surface area contributed by atoms with Gasteiger partial charge in [0.15, 0.2) is 9.84 Å². The van der Waals surface area contributed by atoms with Crippen LogP contribution < -0.4 is 0 Å². The zero-order valence-electron chi connectivity index (χ0n) is 9.65. The first kappa shape index (κ1) is 15.3. The number of rotatable bonds is 3. The van der Waals surface area contributed by atoms with E-state index in [4.69, 9.17) is 23.2 Å². The minimum absolute atomic E-state index is 0.0727. The highest BCUT2D eigenvalue weighted by molar-refractivity contribution is 9.10. The van der Waals surface area contributed by atoms with Crippen LogP contribution in [0.5, 0.6) is 0 Å². The van der Waals surface area contributed by atoms with Crippen LogP contribution in [0.1, 0.15) is 11.3 Å². The van der Waals surface area contributed by atoms with Crippen LogP contribution in [0.4, 0.5) is 0 Å². The molecular formula is C11H8BrCl2NO2S2. The second-order valence-electron chi connectivity index (χ2n) is 3.85. The van der Waals surface area contributed by atoms with E-state index in [-0.39, 0.29) is 15.0 Å². The molecule has 0 aromatic carbocycles. The molecule has 0 atom stereocenters. The van der Waals surface area contributed by atoms with Crippen molar-refractivity contribution in [3.05, 3.63) is 42.7 Å². The van der Waals surface area contributed by atoms with E-state index in [2.05, 4.69) is 20.9 Å². The Morgan fingerprint density at radius 3 is 2.63 bits per heavy atom. The maximum atomic E-state index is 12.3. The third kappa shape index (κ3) is 3.49. The van der Waals surface area contributed by atoms with Crippen LogP contribution in [-0.4, -0.2) is 13.4 Å². The second-order valence-corrected chi connectivity index (χ2v) is 9.00. The molecule has 0 bridgehead atoms. The fourth-order valence-electron chi connectivity index (χ4n) is 1.52. The van der Waals surface area contributed by atoms with E-state index in [0.717, 1.165) is 15.8 Å². The summed E-state index contributed by atoms with van der Waals surface area (Å²) in [4.78, 5) is 4.19. The summed E-state index contributed by atoms with van der Waals surface area (Å²) in [7, 11) is -3.53. The van der Waals surface area contributed by atoms with Crippen LogP contribution in [0.2, 0.25) is 8.67 Å². The number of hydrogen-bond acceptors (Lipinski definition) is 4. The Morgan fingerprint density at radius 1 is 1.37 bits per heavy atom. The van der Waals surface area contributed by atoms with Crippen molar-refractivity contribution < 1.29 is 8.42 Å². The summed E-state index contributed by atoms with van der Waals surface area (Å²) in [6, 6.07) is 3.12. The van der Waals surface area contributed by atoms with Gasteiger partial charge in [-0.15, -0.1) is 11.3 Å². The number of pyridine rings is 1. The van der Waals surface area contributed by atoms with Crippen molar-refractivity contribution in [1.82, 2.24) is 4.98 Å². The average molecular weight is 401 g/mol. The maximum Gasteiger partial charge on any atom is 0.184 e. The smallest absolute Gasteiger partial charge is 0.184 e. The van der Waals surface area contributed by atoms with Gasteiger partial charge in [-0.3, -0.25) is 4.98 Å². The molecule has 0 aliphatic rings. The lowest BCUT2D eigenvalue weighted by molar-refractivity contribution is 0.595. The van der Waals surface area contributed by atoms with Gasteiger partial charge in [-0.25, -0.2) is 8.42 Å². The van der Waals surface area contributed by atoms with E-state index in [1.807, 2.05) is 0 Å². The number of aryl methyl sites for hydroxylation is 1. The van der Waals surface area contributed by atoms with Crippen molar-refractivity contribution in [1.29, 1.82) is 0 Å². The lowest BCUT2D eigenvalue weighted by Gasteiger charge is -2.06. The number of thiophene rings is 1. The van der Waals surface area contributed by atoms with Gasteiger partial charge in [-0.05, 0) is 40.5 Å². The number of halogens is 3. The largest absolute Gasteiger partial charge is 0.260 e. The molecule has 0 saturated carbocycles. The molecule has 0 radical (unpaired) electrons. The standard InChI is InChI=1S/C11H8BrCl2NO2S2/c1-6-7(2-8(12)4-15-6)5-19(16,17)9-3-10(13)18-11(9)14/h2-4H,5H2,1H3. The normalized spacial score (nSPS) is 11.8. The van der Waals surface area contributed by atoms with Gasteiger partial charge in [0.2, 0.25) is 0 Å². The predicted octanol–water partition coefficient (Wildman–Crippen LogP) is 4.49. The van der Waals surface area contributed by atoms with E-state index < -0.39 is 9.84 Å². The van der Waals surface area contributed by atoms with Gasteiger partial charge in [-0.1, -0.05) is 23.2 Å². The molecule has 0 aliphatic carbocycles. The second kappa shape index (κ2) is 5.69. The Morgan fingerprint density at radius 2 is 2.05 bits per heavy atom. The van der Waals surface area contributed by atoms with Gasteiger partial charge in [0, 0.05) is 16.4 Å². The van der Waals surface area contributed by atoms with Gasteiger partial charge < -0.3 is 0 Å². The summed E-state index contributed by atoms with van der Waals surface area (Å²) in [6.07, 6.45) is 1.62. The van der Waals surface area contributed by atoms with E-state index in [1.54, 1.807) is 19.2 Å². The lowest BCUT2D eigenvalue weighted by Crippen LogP contribution is -2.06. The van der Waals surface area contributed by atoms with Gasteiger partial charge in [0.25, 0.3) is 0 Å². The Bertz CT molecular complexity index is 728. The van der Waals surface area contributed by atoms with Crippen molar-refractivity contribution in [3.8, 4) is 0 Å². The fraction of sp³-hybridized carbons (Fsp3) is 0.182. The summed E-state index contributed by atoms with van der Waals surface area (Å²) in [5.41, 5.74) is 1.30. The molecule has 0 amide bonds. The summed E-state index contributed by atoms with van der Waals surface area (Å²) >= 11 is 16.0. The topological polar surface area (TPSA) is 47.0 Å². The summed E-state index contributed by atoms with van der Waals surface area (Å²) in [5.74, 6) is -0.155. The zero-order chi connectivity index (χ0) is 14.2. The summed E-state index contributed by atoms with van der Waals surface area (Å²) in [6.45, 7) is 1.76. The maximum absolute atomic E-state index is 12.3. The number of hydrogen-bond donors (Lipinski definition) is 0. The SMILES string of the molecule is Cc1ncc(Br)cc1CS(=O)(=O)c1cc(Cl)sc1Cl. The molecule has 0 N–H and O–H groups in total. The molecule has 2 aromatic heterocycles. The van der Waals surface area contributed by atoms with Gasteiger partial charge in [-0.2, -0.15) is 0 Å². The van der Waals surface area contributed by atoms with Gasteiger partial charge in [0.1, 0.15) is 4.34 Å². The molecule has 0 fully saturated rings. The molecule has 2 aromatic rings. The van der Waals surface area contributed by atoms with Crippen molar-refractivity contribution in [2.75, 3.05) is 0 Å². The molecule has 0 unspecified atom stereocenters. The molecule has 3 nitrogen and oxygen atoms in total. The molecule has 0 saturated heterocycles. The van der Waals surface area contributed by atoms with E-state index >= 15 is 0 Å². The van der Waals surface area contributed by atoms with Crippen LogP contribution in [0, 0.1) is 6.92 Å². The third-order valence-electron chi connectivity index (χ3n) is 2.46. The Hall–Kier alpha value is -0.140. The van der Waals surface area contributed by atoms with Crippen LogP contribution in [0.3, 0.4) is 0 Å². The molecule has 0 aliphatic heterocycles. The number of nitrogens with zero attached hydrogens (tertiary/aromatic N) is 1. The first-order chi connectivity index (χ1) is 8.79. The summed E-state index contributed by atoms with van der Waals surface area (Å²) in [5, 5.41) is 0. The highest BCUT2D eigenvalue weighted by Gasteiger charge is 2.22. The predicted molar refractivity (Wildman–Crippen MR) is 81.9 cm³/mol. The number of aromatic nitrogens is 1. The minimum atomic E-state index is -3.53. The molecule has 8 heteroatoms. The third-order valence-corrected chi connectivity index (χ3v) is 6.31. The quantitative estimate of drug-likeness (QED) is 0.762. The van der Waals surface area contributed by atoms with Crippen LogP contribution in [-0.2, 0) is 15.6 Å². The fourth-order valence-corrected chi connectivity index (χ4v) is 5.56. The van der Waals surface area contributed by atoms with Crippen molar-refractivity contribution in [2.45, 2.75) is 17.6 Å². The van der Waals surface area contributed by atoms with Crippen LogP contribution in [0.15, 0.2) is 27.7 Å². The lowest BCUT2D eigenvalue weighted by atomic mass is 10.2. The molecule has 2 rings (SSSR count). The highest BCUT2D eigenvalue weighted by Crippen LogP contribution is 2.36. The molecular weight excluding hydrogens is 393 g/mol. The molecule has 102 valence electrons. The highest BCUT2D eigenvalue weighted by atomic mass is 79.9. The average Bonchev–Trinajstić information content (AvgIpc) is 2.63. The first-order valence-corrected chi connectivity index (χ1v) is 9.10. The van der Waals surface area contributed by atoms with Gasteiger partial charge in [0.05, 0.1) is 15.0 Å². The van der Waals surface area contributed by atoms with E-state index in [1.165, 1.54) is 6.07 Å². The Balaban J connectivity index is 2.42. The zero-order valence-corrected chi connectivity index (χ0v) is 14.4. The molecule has 0 spiro atoms. The van der Waals surface area contributed by atoms with E-state index in [0.29, 0.717) is 15.6 Å². The van der Waals surface area contributed by atoms with Crippen molar-refractivity contribution in [3.63, 3.8) is 0 Å². The number of sulfone groups is 1. The van der Waals surface area contributed by atoms with Crippen LogP contribution >= 0.6 is 50.5 Å². The Kier molecular flexibility index (Phi) is 4.57.